The van der Waals surface area contributed by atoms with Gasteiger partial charge in [-0.25, -0.2) is 4.98 Å². The van der Waals surface area contributed by atoms with Gasteiger partial charge in [-0.05, 0) is 12.1 Å². The fourth-order valence-electron chi connectivity index (χ4n) is 2.14. The van der Waals surface area contributed by atoms with E-state index in [1.54, 1.807) is 13.2 Å². The lowest BCUT2D eigenvalue weighted by atomic mass is 10.2. The molecule has 19 heavy (non-hydrogen) atoms. The van der Waals surface area contributed by atoms with Gasteiger partial charge >= 0.3 is 0 Å². The molecule has 0 aromatic carbocycles. The molecule has 0 spiro atoms. The number of anilines is 1. The molecule has 1 aliphatic heterocycles. The summed E-state index contributed by atoms with van der Waals surface area (Å²) in [5, 5.41) is 0. The van der Waals surface area contributed by atoms with Crippen LogP contribution < -0.4 is 10.6 Å². The summed E-state index contributed by atoms with van der Waals surface area (Å²) < 4.78 is 5.08. The number of nitrogens with two attached hydrogens (primary N) is 1. The van der Waals surface area contributed by atoms with Crippen LogP contribution in [-0.4, -0.2) is 62.2 Å². The topological polar surface area (TPSA) is 71.7 Å². The number of hydrogen-bond acceptors (Lipinski definition) is 5. The fraction of sp³-hybridized carbons (Fsp3) is 0.538. The first kappa shape index (κ1) is 13.8. The van der Waals surface area contributed by atoms with Gasteiger partial charge in [0.1, 0.15) is 5.82 Å². The molecule has 0 unspecified atom stereocenters. The number of carbonyl (C=O) groups excluding carboxylic acids is 1. The Morgan fingerprint density at radius 2 is 2.11 bits per heavy atom. The lowest BCUT2D eigenvalue weighted by Crippen LogP contribution is -2.47. The van der Waals surface area contributed by atoms with Crippen LogP contribution in [0.5, 0.6) is 0 Å². The number of primary amides is 1. The number of nitrogens with zero attached hydrogens (tertiary/aromatic N) is 3. The average molecular weight is 264 g/mol. The summed E-state index contributed by atoms with van der Waals surface area (Å²) in [5.41, 5.74) is 5.64. The minimum absolute atomic E-state index is 0.441. The van der Waals surface area contributed by atoms with Gasteiger partial charge < -0.3 is 15.4 Å². The molecule has 2 rings (SSSR count). The summed E-state index contributed by atoms with van der Waals surface area (Å²) in [6, 6.07) is 3.58. The number of aromatic nitrogens is 1. The third kappa shape index (κ3) is 3.65. The second-order valence-corrected chi connectivity index (χ2v) is 4.59. The van der Waals surface area contributed by atoms with Gasteiger partial charge in [-0.3, -0.25) is 9.69 Å². The SMILES string of the molecule is COCCN1CCN(c2ccc(C(N)=O)cn2)CC1. The average Bonchev–Trinajstić information content (AvgIpc) is 2.46. The number of carbonyl (C=O) groups is 1. The zero-order valence-electron chi connectivity index (χ0n) is 11.2. The van der Waals surface area contributed by atoms with Gasteiger partial charge in [-0.1, -0.05) is 0 Å². The molecule has 1 saturated heterocycles. The monoisotopic (exact) mass is 264 g/mol. The van der Waals surface area contributed by atoms with Crippen molar-refractivity contribution in [1.29, 1.82) is 0 Å². The summed E-state index contributed by atoms with van der Waals surface area (Å²) in [6.07, 6.45) is 1.54. The number of ether oxygens (including phenoxy) is 1. The predicted octanol–water partition coefficient (Wildman–Crippen LogP) is -0.0511. The number of amides is 1. The van der Waals surface area contributed by atoms with Crippen molar-refractivity contribution >= 4 is 11.7 Å². The van der Waals surface area contributed by atoms with E-state index in [1.807, 2.05) is 6.07 Å². The summed E-state index contributed by atoms with van der Waals surface area (Å²) in [6.45, 7) is 5.62. The summed E-state index contributed by atoms with van der Waals surface area (Å²) >= 11 is 0. The quantitative estimate of drug-likeness (QED) is 0.807. The number of pyridine rings is 1. The van der Waals surface area contributed by atoms with E-state index in [0.29, 0.717) is 5.56 Å². The van der Waals surface area contributed by atoms with Gasteiger partial charge in [0.15, 0.2) is 0 Å². The van der Waals surface area contributed by atoms with E-state index >= 15 is 0 Å². The summed E-state index contributed by atoms with van der Waals surface area (Å²) in [7, 11) is 1.72. The van der Waals surface area contributed by atoms with Crippen LogP contribution in [0.15, 0.2) is 18.3 Å². The highest BCUT2D eigenvalue weighted by atomic mass is 16.5. The number of methoxy groups -OCH3 is 1. The lowest BCUT2D eigenvalue weighted by molar-refractivity contribution is 0.1000. The van der Waals surface area contributed by atoms with Crippen LogP contribution in [0.3, 0.4) is 0 Å². The smallest absolute Gasteiger partial charge is 0.250 e. The van der Waals surface area contributed by atoms with Crippen molar-refractivity contribution in [1.82, 2.24) is 9.88 Å². The minimum atomic E-state index is -0.441. The molecule has 1 aromatic rings. The zero-order valence-corrected chi connectivity index (χ0v) is 11.2. The van der Waals surface area contributed by atoms with Crippen LogP contribution in [-0.2, 0) is 4.74 Å². The first-order valence-corrected chi connectivity index (χ1v) is 6.43. The van der Waals surface area contributed by atoms with Gasteiger partial charge in [-0.2, -0.15) is 0 Å². The molecule has 104 valence electrons. The predicted molar refractivity (Wildman–Crippen MR) is 73.3 cm³/mol. The molecule has 1 fully saturated rings. The molecule has 6 nitrogen and oxygen atoms in total. The van der Waals surface area contributed by atoms with Crippen LogP contribution in [0.1, 0.15) is 10.4 Å². The standard InChI is InChI=1S/C13H20N4O2/c1-19-9-8-16-4-6-17(7-5-16)12-3-2-11(10-15-12)13(14)18/h2-3,10H,4-9H2,1H3,(H2,14,18). The number of piperazine rings is 1. The Kier molecular flexibility index (Phi) is 4.70. The van der Waals surface area contributed by atoms with Crippen molar-refractivity contribution < 1.29 is 9.53 Å². The third-order valence-electron chi connectivity index (χ3n) is 3.34. The van der Waals surface area contributed by atoms with Crippen molar-refractivity contribution in [3.8, 4) is 0 Å². The molecular weight excluding hydrogens is 244 g/mol. The van der Waals surface area contributed by atoms with Crippen molar-refractivity contribution in [2.75, 3.05) is 51.3 Å². The first-order chi connectivity index (χ1) is 9.20. The van der Waals surface area contributed by atoms with Gasteiger partial charge in [0.25, 0.3) is 0 Å². The molecule has 0 atom stereocenters. The molecule has 6 heteroatoms. The van der Waals surface area contributed by atoms with E-state index < -0.39 is 5.91 Å². The fourth-order valence-corrected chi connectivity index (χ4v) is 2.14. The summed E-state index contributed by atoms with van der Waals surface area (Å²) in [5.74, 6) is 0.458. The highest BCUT2D eigenvalue weighted by Gasteiger charge is 2.17. The van der Waals surface area contributed by atoms with Crippen LogP contribution in [0.25, 0.3) is 0 Å². The van der Waals surface area contributed by atoms with Gasteiger partial charge in [0, 0.05) is 46.0 Å². The Morgan fingerprint density at radius 3 is 2.63 bits per heavy atom. The van der Waals surface area contributed by atoms with Crippen molar-refractivity contribution in [3.63, 3.8) is 0 Å². The maximum atomic E-state index is 11.0. The van der Waals surface area contributed by atoms with Crippen LogP contribution in [0.2, 0.25) is 0 Å². The molecule has 2 heterocycles. The molecule has 1 amide bonds. The maximum absolute atomic E-state index is 11.0. The molecular formula is C13H20N4O2. The Bertz CT molecular complexity index is 413. The maximum Gasteiger partial charge on any atom is 0.250 e. The Hall–Kier alpha value is -1.66. The first-order valence-electron chi connectivity index (χ1n) is 6.43. The molecule has 1 aliphatic rings. The van der Waals surface area contributed by atoms with Crippen molar-refractivity contribution in [2.45, 2.75) is 0 Å². The Balaban J connectivity index is 1.88. The van der Waals surface area contributed by atoms with Crippen molar-refractivity contribution in [3.05, 3.63) is 23.9 Å². The molecule has 2 N–H and O–H groups in total. The van der Waals surface area contributed by atoms with E-state index in [1.165, 1.54) is 6.20 Å². The van der Waals surface area contributed by atoms with Gasteiger partial charge in [-0.15, -0.1) is 0 Å². The van der Waals surface area contributed by atoms with Crippen LogP contribution in [0, 0.1) is 0 Å². The number of hydrogen-bond donors (Lipinski definition) is 1. The summed E-state index contributed by atoms with van der Waals surface area (Å²) in [4.78, 5) is 19.9. The molecule has 0 aliphatic carbocycles. The zero-order chi connectivity index (χ0) is 13.7. The van der Waals surface area contributed by atoms with E-state index in [0.717, 1.165) is 45.1 Å². The van der Waals surface area contributed by atoms with Crippen LogP contribution in [0.4, 0.5) is 5.82 Å². The van der Waals surface area contributed by atoms with E-state index in [4.69, 9.17) is 10.5 Å². The largest absolute Gasteiger partial charge is 0.383 e. The Labute approximate surface area is 113 Å². The third-order valence-corrected chi connectivity index (χ3v) is 3.34. The highest BCUT2D eigenvalue weighted by Crippen LogP contribution is 2.13. The molecule has 0 bridgehead atoms. The van der Waals surface area contributed by atoms with Gasteiger partial charge in [0.2, 0.25) is 5.91 Å². The van der Waals surface area contributed by atoms with E-state index in [9.17, 15) is 4.79 Å². The second-order valence-electron chi connectivity index (χ2n) is 4.59. The molecule has 1 aromatic heterocycles. The second kappa shape index (κ2) is 6.49. The normalized spacial score (nSPS) is 16.6. The van der Waals surface area contributed by atoms with E-state index in [2.05, 4.69) is 14.8 Å². The Morgan fingerprint density at radius 1 is 1.37 bits per heavy atom. The molecule has 0 saturated carbocycles. The van der Waals surface area contributed by atoms with Gasteiger partial charge in [0.05, 0.1) is 12.2 Å². The number of rotatable bonds is 5. The molecule has 0 radical (unpaired) electrons. The van der Waals surface area contributed by atoms with Crippen LogP contribution >= 0.6 is 0 Å². The minimum Gasteiger partial charge on any atom is -0.383 e. The van der Waals surface area contributed by atoms with Crippen molar-refractivity contribution in [2.24, 2.45) is 5.73 Å². The highest BCUT2D eigenvalue weighted by molar-refractivity contribution is 5.92. The lowest BCUT2D eigenvalue weighted by Gasteiger charge is -2.35. The van der Waals surface area contributed by atoms with E-state index in [-0.39, 0.29) is 0 Å².